The SMILES string of the molecule is CO[NH+]1[BH2-][NH+](OC)[BH2-]1. The first-order valence-electron chi connectivity index (χ1n) is 3.22. The largest absolute Gasteiger partial charge is 0.471 e. The van der Waals surface area contributed by atoms with E-state index in [1.807, 2.05) is 0 Å². The van der Waals surface area contributed by atoms with E-state index in [1.54, 1.807) is 14.2 Å². The molecule has 1 aliphatic heterocycles. The van der Waals surface area contributed by atoms with Gasteiger partial charge in [0.05, 0.1) is 14.2 Å². The van der Waals surface area contributed by atoms with Gasteiger partial charge in [-0.2, -0.15) is 0 Å². The molecule has 1 fully saturated rings. The normalized spacial score (nSPS) is 36.8. The average molecular weight is 118 g/mol. The van der Waals surface area contributed by atoms with Crippen molar-refractivity contribution in [3.8, 4) is 0 Å². The lowest BCUT2D eigenvalue weighted by Gasteiger charge is -2.45. The van der Waals surface area contributed by atoms with Crippen LogP contribution in [0.4, 0.5) is 0 Å². The van der Waals surface area contributed by atoms with Crippen molar-refractivity contribution < 1.29 is 19.4 Å². The van der Waals surface area contributed by atoms with Crippen molar-refractivity contribution in [2.24, 2.45) is 0 Å². The van der Waals surface area contributed by atoms with E-state index in [-0.39, 0.29) is 15.1 Å². The Kier molecular flexibility index (Phi) is 1.90. The molecule has 0 amide bonds. The zero-order valence-corrected chi connectivity index (χ0v) is 5.82. The van der Waals surface area contributed by atoms with Crippen LogP contribution in [0.15, 0.2) is 0 Å². The molecule has 1 heterocycles. The Hall–Kier alpha value is -0.0301. The summed E-state index contributed by atoms with van der Waals surface area (Å²) in [6, 6.07) is 0. The zero-order chi connectivity index (χ0) is 5.98. The second-order valence-electron chi connectivity index (χ2n) is 2.72. The van der Waals surface area contributed by atoms with Gasteiger partial charge in [-0.15, -0.1) is 0 Å². The molecule has 0 radical (unpaired) electrons. The molecule has 0 spiro atoms. The predicted molar refractivity (Wildman–Crippen MR) is 33.0 cm³/mol. The highest BCUT2D eigenvalue weighted by molar-refractivity contribution is 6.40. The second kappa shape index (κ2) is 2.50. The van der Waals surface area contributed by atoms with Crippen molar-refractivity contribution in [3.05, 3.63) is 0 Å². The molecule has 6 heteroatoms. The third kappa shape index (κ3) is 1.03. The molecule has 0 aromatic heterocycles. The zero-order valence-electron chi connectivity index (χ0n) is 5.82. The van der Waals surface area contributed by atoms with Crippen LogP contribution in [0.1, 0.15) is 0 Å². The van der Waals surface area contributed by atoms with E-state index in [2.05, 4.69) is 0 Å². The van der Waals surface area contributed by atoms with Gasteiger partial charge in [0.2, 0.25) is 0 Å². The molecule has 0 aromatic rings. The van der Waals surface area contributed by atoms with Crippen LogP contribution in [0, 0.1) is 0 Å². The quantitative estimate of drug-likeness (QED) is 0.355. The highest BCUT2D eigenvalue weighted by Gasteiger charge is 2.20. The minimum absolute atomic E-state index is 0.0139. The maximum atomic E-state index is 5.05. The Labute approximate surface area is 49.8 Å². The first-order valence-corrected chi connectivity index (χ1v) is 3.22. The Morgan fingerprint density at radius 1 is 1.00 bits per heavy atom. The maximum absolute atomic E-state index is 5.05. The molecule has 4 nitrogen and oxygen atoms in total. The molecule has 0 atom stereocenters. The van der Waals surface area contributed by atoms with E-state index in [0.29, 0.717) is 0 Å². The molecule has 2 N–H and O–H groups in total. The minimum atomic E-state index is -0.0139. The van der Waals surface area contributed by atoms with Gasteiger partial charge in [-0.25, -0.2) is 0 Å². The van der Waals surface area contributed by atoms with Crippen molar-refractivity contribution in [1.82, 2.24) is 0 Å². The Balaban J connectivity index is 2.03. The van der Waals surface area contributed by atoms with Gasteiger partial charge >= 0.3 is 15.1 Å². The number of hydrogen-bond acceptors (Lipinski definition) is 2. The number of rotatable bonds is 2. The van der Waals surface area contributed by atoms with Crippen LogP contribution in [0.5, 0.6) is 0 Å². The lowest BCUT2D eigenvalue weighted by molar-refractivity contribution is -1.10. The smallest absolute Gasteiger partial charge is 0.366 e. The van der Waals surface area contributed by atoms with Crippen molar-refractivity contribution >= 4 is 15.1 Å². The van der Waals surface area contributed by atoms with Gasteiger partial charge in [-0.3, -0.25) is 9.68 Å². The molecule has 0 bridgehead atoms. The van der Waals surface area contributed by atoms with Crippen LogP contribution in [0.3, 0.4) is 0 Å². The molecule has 48 valence electrons. The summed E-state index contributed by atoms with van der Waals surface area (Å²) in [6.07, 6.45) is 0. The average Bonchev–Trinajstić information content (AvgIpc) is 1.65. The molecule has 1 rings (SSSR count). The van der Waals surface area contributed by atoms with Crippen LogP contribution in [0.25, 0.3) is 0 Å². The second-order valence-corrected chi connectivity index (χ2v) is 2.72. The van der Waals surface area contributed by atoms with Crippen LogP contribution >= 0.6 is 0 Å². The summed E-state index contributed by atoms with van der Waals surface area (Å²) in [5.74, 6) is 0. The summed E-state index contributed by atoms with van der Waals surface area (Å²) in [6.45, 7) is 0. The van der Waals surface area contributed by atoms with E-state index in [0.717, 1.165) is 0 Å². The standard InChI is InChI=1S/C2H12B2N2O2/c1-7-5-3-6(4-5)8-2/h5-6H,3-4H2,1-2H3. The molecular weight excluding hydrogens is 106 g/mol. The molecule has 0 unspecified atom stereocenters. The Bertz CT molecular complexity index is 68.4. The molecule has 0 saturated carbocycles. The summed E-state index contributed by atoms with van der Waals surface area (Å²) in [7, 11) is 3.49. The van der Waals surface area contributed by atoms with Gasteiger partial charge in [0.1, 0.15) is 0 Å². The topological polar surface area (TPSA) is 27.3 Å². The molecule has 0 aliphatic carbocycles. The lowest BCUT2D eigenvalue weighted by Crippen LogP contribution is -3.53. The van der Waals surface area contributed by atoms with Crippen molar-refractivity contribution in [2.75, 3.05) is 14.2 Å². The van der Waals surface area contributed by atoms with Crippen LogP contribution < -0.4 is 9.77 Å². The summed E-state index contributed by atoms with van der Waals surface area (Å²) >= 11 is 0. The number of quaternary nitrogens is 2. The molecule has 1 saturated heterocycles. The van der Waals surface area contributed by atoms with Gasteiger partial charge in [0.15, 0.2) is 0 Å². The summed E-state index contributed by atoms with van der Waals surface area (Å²) in [5.41, 5.74) is 0. The number of nitrogens with one attached hydrogen (secondary N) is 2. The molecule has 0 aromatic carbocycles. The van der Waals surface area contributed by atoms with Crippen LogP contribution in [-0.4, -0.2) is 29.3 Å². The first kappa shape index (κ1) is 6.10. The molecule has 1 aliphatic rings. The van der Waals surface area contributed by atoms with Crippen LogP contribution in [0.2, 0.25) is 0 Å². The Morgan fingerprint density at radius 2 is 1.38 bits per heavy atom. The molecular formula is C2H12B2N2O2. The monoisotopic (exact) mass is 118 g/mol. The Morgan fingerprint density at radius 3 is 1.62 bits per heavy atom. The fourth-order valence-corrected chi connectivity index (χ4v) is 1.15. The van der Waals surface area contributed by atoms with E-state index < -0.39 is 0 Å². The fraction of sp³-hybridized carbons (Fsp3) is 1.00. The van der Waals surface area contributed by atoms with Crippen molar-refractivity contribution in [1.29, 1.82) is 0 Å². The van der Waals surface area contributed by atoms with Gasteiger partial charge in [-0.05, 0) is 0 Å². The highest BCUT2D eigenvalue weighted by Crippen LogP contribution is 1.42. The first-order chi connectivity index (χ1) is 3.86. The fourth-order valence-electron chi connectivity index (χ4n) is 1.15. The van der Waals surface area contributed by atoms with Crippen molar-refractivity contribution in [2.45, 2.75) is 0 Å². The highest BCUT2D eigenvalue weighted by atomic mass is 16.7. The third-order valence-corrected chi connectivity index (χ3v) is 2.22. The van der Waals surface area contributed by atoms with E-state index >= 15 is 0 Å². The van der Waals surface area contributed by atoms with E-state index in [4.69, 9.17) is 9.68 Å². The predicted octanol–water partition coefficient (Wildman–Crippen LogP) is -5.11. The van der Waals surface area contributed by atoms with Gasteiger partial charge in [0, 0.05) is 0 Å². The van der Waals surface area contributed by atoms with Crippen LogP contribution in [-0.2, 0) is 9.68 Å². The van der Waals surface area contributed by atoms with Gasteiger partial charge in [0.25, 0.3) is 0 Å². The lowest BCUT2D eigenvalue weighted by atomic mass is 9.82. The summed E-state index contributed by atoms with van der Waals surface area (Å²) < 4.78 is 0. The third-order valence-electron chi connectivity index (χ3n) is 2.22. The van der Waals surface area contributed by atoms with Gasteiger partial charge < -0.3 is 9.77 Å². The van der Waals surface area contributed by atoms with Crippen molar-refractivity contribution in [3.63, 3.8) is 0 Å². The maximum Gasteiger partial charge on any atom is 0.366 e. The van der Waals surface area contributed by atoms with E-state index in [9.17, 15) is 0 Å². The summed E-state index contributed by atoms with van der Waals surface area (Å²) in [4.78, 5) is 12.8. The summed E-state index contributed by atoms with van der Waals surface area (Å²) in [5, 5.41) is 0. The minimum Gasteiger partial charge on any atom is -0.471 e. The van der Waals surface area contributed by atoms with E-state index in [1.165, 1.54) is 9.77 Å². The molecule has 8 heavy (non-hydrogen) atoms. The van der Waals surface area contributed by atoms with Gasteiger partial charge in [-0.1, -0.05) is 0 Å². The number of hydrogen-bond donors (Lipinski definition) is 2.